The van der Waals surface area contributed by atoms with Crippen LogP contribution < -0.4 is 10.1 Å². The van der Waals surface area contributed by atoms with Crippen LogP contribution in [-0.2, 0) is 4.79 Å². The Labute approximate surface area is 122 Å². The van der Waals surface area contributed by atoms with Crippen LogP contribution in [-0.4, -0.2) is 53.1 Å². The van der Waals surface area contributed by atoms with Gasteiger partial charge in [-0.3, -0.25) is 14.7 Å². The molecule has 2 fully saturated rings. The summed E-state index contributed by atoms with van der Waals surface area (Å²) in [5.41, 5.74) is 0. The Bertz CT molecular complexity index is 493. The quantitative estimate of drug-likeness (QED) is 0.887. The summed E-state index contributed by atoms with van der Waals surface area (Å²) in [4.78, 5) is 21.9. The van der Waals surface area contributed by atoms with Crippen molar-refractivity contribution in [2.45, 2.75) is 18.9 Å². The van der Waals surface area contributed by atoms with E-state index in [-0.39, 0.29) is 11.9 Å². The molecule has 1 aromatic heterocycles. The average Bonchev–Trinajstić information content (AvgIpc) is 2.39. The lowest BCUT2D eigenvalue weighted by Gasteiger charge is -2.44. The highest BCUT2D eigenvalue weighted by Crippen LogP contribution is 2.23. The fourth-order valence-electron chi connectivity index (χ4n) is 2.67. The Hall–Kier alpha value is -1.40. The number of rotatable bonds is 4. The van der Waals surface area contributed by atoms with Crippen LogP contribution >= 0.6 is 11.6 Å². The zero-order valence-electron chi connectivity index (χ0n) is 11.1. The predicted molar refractivity (Wildman–Crippen MR) is 73.6 cm³/mol. The van der Waals surface area contributed by atoms with Crippen molar-refractivity contribution in [1.82, 2.24) is 20.2 Å². The summed E-state index contributed by atoms with van der Waals surface area (Å²) in [5, 5.41) is 3.25. The summed E-state index contributed by atoms with van der Waals surface area (Å²) in [6.07, 6.45) is 5.05. The second kappa shape index (κ2) is 5.93. The third kappa shape index (κ3) is 3.02. The lowest BCUT2D eigenvalue weighted by molar-refractivity contribution is -0.131. The summed E-state index contributed by atoms with van der Waals surface area (Å²) in [5.74, 6) is 1.05. The molecule has 0 spiro atoms. The third-order valence-electron chi connectivity index (χ3n) is 3.73. The molecule has 2 aliphatic heterocycles. The Morgan fingerprint density at radius 1 is 1.45 bits per heavy atom. The summed E-state index contributed by atoms with van der Waals surface area (Å²) >= 11 is 5.74. The van der Waals surface area contributed by atoms with E-state index in [1.807, 2.05) is 0 Å². The van der Waals surface area contributed by atoms with Gasteiger partial charge in [-0.25, -0.2) is 0 Å². The van der Waals surface area contributed by atoms with E-state index < -0.39 is 0 Å². The van der Waals surface area contributed by atoms with Gasteiger partial charge in [-0.1, -0.05) is 11.6 Å². The van der Waals surface area contributed by atoms with Crippen LogP contribution in [0.4, 0.5) is 0 Å². The number of ether oxygens (including phenoxy) is 1. The Kier molecular flexibility index (Phi) is 4.03. The van der Waals surface area contributed by atoms with Gasteiger partial charge in [0.05, 0.1) is 25.0 Å². The minimum absolute atomic E-state index is 0.0472. The molecule has 2 saturated heterocycles. The van der Waals surface area contributed by atoms with E-state index in [0.717, 1.165) is 32.5 Å². The van der Waals surface area contributed by atoms with E-state index in [1.165, 1.54) is 6.20 Å². The summed E-state index contributed by atoms with van der Waals surface area (Å²) < 4.78 is 5.57. The number of piperidine rings is 1. The van der Waals surface area contributed by atoms with Crippen LogP contribution in [0, 0.1) is 5.92 Å². The van der Waals surface area contributed by atoms with Gasteiger partial charge in [0, 0.05) is 25.6 Å². The molecule has 20 heavy (non-hydrogen) atoms. The molecule has 0 bridgehead atoms. The third-order valence-corrected chi connectivity index (χ3v) is 3.91. The number of likely N-dealkylation sites (tertiary alicyclic amines) is 1. The molecule has 0 aromatic carbocycles. The maximum Gasteiger partial charge on any atom is 0.237 e. The van der Waals surface area contributed by atoms with Gasteiger partial charge in [0.15, 0.2) is 5.15 Å². The number of carbonyl (C=O) groups is 1. The van der Waals surface area contributed by atoms with Crippen LogP contribution in [0.3, 0.4) is 0 Å². The minimum atomic E-state index is 0.0472. The number of hydrogen-bond acceptors (Lipinski definition) is 5. The molecular formula is C13H17ClN4O2. The highest BCUT2D eigenvalue weighted by Gasteiger charge is 2.37. The van der Waals surface area contributed by atoms with E-state index >= 15 is 0 Å². The molecule has 3 rings (SSSR count). The van der Waals surface area contributed by atoms with Crippen LogP contribution in [0.25, 0.3) is 0 Å². The molecule has 0 radical (unpaired) electrons. The Balaban J connectivity index is 1.43. The highest BCUT2D eigenvalue weighted by molar-refractivity contribution is 6.29. The lowest BCUT2D eigenvalue weighted by atomic mass is 9.94. The second-order valence-electron chi connectivity index (χ2n) is 5.26. The Morgan fingerprint density at radius 3 is 3.05 bits per heavy atom. The maximum atomic E-state index is 11.7. The van der Waals surface area contributed by atoms with Crippen LogP contribution in [0.2, 0.25) is 5.15 Å². The van der Waals surface area contributed by atoms with Gasteiger partial charge in [0.2, 0.25) is 11.8 Å². The molecule has 1 amide bonds. The number of hydrogen-bond donors (Lipinski definition) is 1. The van der Waals surface area contributed by atoms with Crippen LogP contribution in [0.5, 0.6) is 5.88 Å². The smallest absolute Gasteiger partial charge is 0.237 e. The largest absolute Gasteiger partial charge is 0.476 e. The van der Waals surface area contributed by atoms with Crippen molar-refractivity contribution in [3.8, 4) is 5.88 Å². The van der Waals surface area contributed by atoms with Gasteiger partial charge in [0.25, 0.3) is 0 Å². The van der Waals surface area contributed by atoms with Gasteiger partial charge in [-0.05, 0) is 12.8 Å². The molecule has 7 heteroatoms. The Morgan fingerprint density at radius 2 is 2.30 bits per heavy atom. The van der Waals surface area contributed by atoms with Crippen molar-refractivity contribution in [2.24, 2.45) is 5.92 Å². The second-order valence-corrected chi connectivity index (χ2v) is 5.65. The van der Waals surface area contributed by atoms with E-state index in [4.69, 9.17) is 16.3 Å². The fourth-order valence-corrected chi connectivity index (χ4v) is 2.81. The predicted octanol–water partition coefficient (Wildman–Crippen LogP) is 0.719. The number of halogens is 1. The van der Waals surface area contributed by atoms with Gasteiger partial charge in [-0.15, -0.1) is 0 Å². The molecule has 3 heterocycles. The van der Waals surface area contributed by atoms with Crippen molar-refractivity contribution in [3.63, 3.8) is 0 Å². The van der Waals surface area contributed by atoms with E-state index in [9.17, 15) is 4.79 Å². The van der Waals surface area contributed by atoms with Gasteiger partial charge in [0.1, 0.15) is 0 Å². The lowest BCUT2D eigenvalue weighted by Crippen LogP contribution is -2.60. The van der Waals surface area contributed by atoms with Crippen molar-refractivity contribution in [1.29, 1.82) is 0 Å². The fraction of sp³-hybridized carbons (Fsp3) is 0.615. The first-order valence-corrected chi connectivity index (χ1v) is 7.22. The summed E-state index contributed by atoms with van der Waals surface area (Å²) in [7, 11) is 0. The minimum Gasteiger partial charge on any atom is -0.476 e. The highest BCUT2D eigenvalue weighted by atomic mass is 35.5. The molecule has 0 aliphatic carbocycles. The number of aromatic nitrogens is 2. The molecule has 0 saturated carbocycles. The summed E-state index contributed by atoms with van der Waals surface area (Å²) in [6, 6.07) is 0.0472. The zero-order valence-corrected chi connectivity index (χ0v) is 11.8. The van der Waals surface area contributed by atoms with Crippen molar-refractivity contribution < 1.29 is 9.53 Å². The van der Waals surface area contributed by atoms with Crippen molar-refractivity contribution >= 4 is 17.5 Å². The number of nitrogens with zero attached hydrogens (tertiary/aromatic N) is 3. The van der Waals surface area contributed by atoms with Gasteiger partial charge >= 0.3 is 0 Å². The molecule has 108 valence electrons. The topological polar surface area (TPSA) is 67.4 Å². The first kappa shape index (κ1) is 13.6. The number of nitrogens with one attached hydrogen (secondary N) is 1. The molecular weight excluding hydrogens is 280 g/mol. The molecule has 1 aromatic rings. The van der Waals surface area contributed by atoms with Crippen LogP contribution in [0.1, 0.15) is 12.8 Å². The standard InChI is InChI=1S/C13H17ClN4O2/c14-11-4-15-5-12(17-11)20-8-9-6-18(7-9)10-2-1-3-16-13(10)19/h4-5,9-10H,1-3,6-8H2,(H,16,19). The van der Waals surface area contributed by atoms with Crippen molar-refractivity contribution in [2.75, 3.05) is 26.2 Å². The normalized spacial score (nSPS) is 24.1. The molecule has 1 N–H and O–H groups in total. The SMILES string of the molecule is O=C1NCCCC1N1CC(COc2cncc(Cl)n2)C1. The number of carbonyl (C=O) groups excluding carboxylic acids is 1. The molecule has 1 atom stereocenters. The molecule has 6 nitrogen and oxygen atoms in total. The van der Waals surface area contributed by atoms with Crippen LogP contribution in [0.15, 0.2) is 12.4 Å². The average molecular weight is 297 g/mol. The first-order chi connectivity index (χ1) is 9.72. The maximum absolute atomic E-state index is 11.7. The van der Waals surface area contributed by atoms with E-state index in [2.05, 4.69) is 20.2 Å². The van der Waals surface area contributed by atoms with Crippen molar-refractivity contribution in [3.05, 3.63) is 17.5 Å². The zero-order chi connectivity index (χ0) is 13.9. The first-order valence-electron chi connectivity index (χ1n) is 6.84. The monoisotopic (exact) mass is 296 g/mol. The van der Waals surface area contributed by atoms with Gasteiger partial charge in [-0.2, -0.15) is 4.98 Å². The van der Waals surface area contributed by atoms with E-state index in [0.29, 0.717) is 23.6 Å². The van der Waals surface area contributed by atoms with E-state index in [1.54, 1.807) is 6.20 Å². The molecule has 2 aliphatic rings. The van der Waals surface area contributed by atoms with Gasteiger partial charge < -0.3 is 10.1 Å². The number of amides is 1. The summed E-state index contributed by atoms with van der Waals surface area (Å²) in [6.45, 7) is 3.18. The molecule has 1 unspecified atom stereocenters.